The summed E-state index contributed by atoms with van der Waals surface area (Å²) >= 11 is 0. The molecule has 2 aliphatic heterocycles. The second-order valence-electron chi connectivity index (χ2n) is 7.07. The minimum absolute atomic E-state index is 0.0554. The molecule has 132 valence electrons. The van der Waals surface area contributed by atoms with Gasteiger partial charge in [-0.1, -0.05) is 24.3 Å². The monoisotopic (exact) mass is 339 g/mol. The molecule has 0 aliphatic carbocycles. The molecule has 0 N–H and O–H groups in total. The molecule has 0 saturated carbocycles. The van der Waals surface area contributed by atoms with Crippen LogP contribution in [0, 0.1) is 0 Å². The first kappa shape index (κ1) is 16.3. The zero-order valence-corrected chi connectivity index (χ0v) is 15.2. The second-order valence-corrected chi connectivity index (χ2v) is 7.07. The molecule has 0 spiro atoms. The van der Waals surface area contributed by atoms with Crippen LogP contribution in [0.2, 0.25) is 0 Å². The Morgan fingerprint density at radius 1 is 1.28 bits per heavy atom. The molecule has 1 amide bonds. The molecule has 0 unspecified atom stereocenters. The molecule has 3 heterocycles. The van der Waals surface area contributed by atoms with Crippen LogP contribution in [-0.4, -0.2) is 33.2 Å². The van der Waals surface area contributed by atoms with Gasteiger partial charge >= 0.3 is 0 Å². The van der Waals surface area contributed by atoms with Crippen molar-refractivity contribution >= 4 is 5.91 Å². The molecule has 25 heavy (non-hydrogen) atoms. The maximum atomic E-state index is 13.4. The Balaban J connectivity index is 1.69. The fourth-order valence-corrected chi connectivity index (χ4v) is 4.08. The highest BCUT2D eigenvalue weighted by Crippen LogP contribution is 2.32. The smallest absolute Gasteiger partial charge is 0.272 e. The van der Waals surface area contributed by atoms with Crippen LogP contribution < -0.4 is 0 Å². The first-order valence-electron chi connectivity index (χ1n) is 9.19. The Morgan fingerprint density at radius 3 is 2.80 bits per heavy atom. The van der Waals surface area contributed by atoms with E-state index < -0.39 is 0 Å². The fourth-order valence-electron chi connectivity index (χ4n) is 4.08. The Kier molecular flexibility index (Phi) is 4.12. The summed E-state index contributed by atoms with van der Waals surface area (Å²) < 4.78 is 7.76. The van der Waals surface area contributed by atoms with Crippen molar-refractivity contribution in [3.8, 4) is 0 Å². The van der Waals surface area contributed by atoms with Crippen molar-refractivity contribution in [3.05, 3.63) is 52.3 Å². The topological polar surface area (TPSA) is 47.4 Å². The van der Waals surface area contributed by atoms with Gasteiger partial charge in [-0.3, -0.25) is 9.48 Å². The molecule has 1 aromatic carbocycles. The van der Waals surface area contributed by atoms with Crippen LogP contribution in [0.4, 0.5) is 0 Å². The van der Waals surface area contributed by atoms with E-state index in [1.165, 1.54) is 11.1 Å². The van der Waals surface area contributed by atoms with E-state index in [0.717, 1.165) is 36.3 Å². The number of carbonyl (C=O) groups excluding carboxylic acids is 1. The van der Waals surface area contributed by atoms with E-state index in [1.807, 2.05) is 29.5 Å². The van der Waals surface area contributed by atoms with Crippen LogP contribution >= 0.6 is 0 Å². The number of rotatable bonds is 2. The third-order valence-electron chi connectivity index (χ3n) is 5.31. The second kappa shape index (κ2) is 6.30. The Bertz CT molecular complexity index is 811. The number of amides is 1. The number of aryl methyl sites for hydroxylation is 1. The maximum Gasteiger partial charge on any atom is 0.272 e. The molecular weight excluding hydrogens is 314 g/mol. The standard InChI is InChI=1S/C20H25N3O2/c1-4-23-19(17-11-13(2)25-14(3)18(17)21-23)20(24)22-10-9-15-7-5-6-8-16(15)12-22/h5-8,13-14H,4,9-12H2,1-3H3/t13-,14+/m0/s1. The minimum Gasteiger partial charge on any atom is -0.369 e. The van der Waals surface area contributed by atoms with Gasteiger partial charge in [-0.2, -0.15) is 5.10 Å². The number of hydrogen-bond acceptors (Lipinski definition) is 3. The van der Waals surface area contributed by atoms with Gasteiger partial charge in [0.25, 0.3) is 5.91 Å². The molecule has 2 aromatic rings. The molecule has 5 heteroatoms. The average Bonchev–Trinajstić information content (AvgIpc) is 2.99. The van der Waals surface area contributed by atoms with Crippen molar-refractivity contribution in [1.82, 2.24) is 14.7 Å². The van der Waals surface area contributed by atoms with Gasteiger partial charge in [-0.05, 0) is 38.3 Å². The number of ether oxygens (including phenoxy) is 1. The van der Waals surface area contributed by atoms with E-state index in [-0.39, 0.29) is 18.1 Å². The van der Waals surface area contributed by atoms with Gasteiger partial charge in [-0.15, -0.1) is 0 Å². The lowest BCUT2D eigenvalue weighted by Crippen LogP contribution is -2.38. The third-order valence-corrected chi connectivity index (χ3v) is 5.31. The first-order chi connectivity index (χ1) is 12.1. The summed E-state index contributed by atoms with van der Waals surface area (Å²) in [5.74, 6) is 0.103. The summed E-state index contributed by atoms with van der Waals surface area (Å²) in [5, 5.41) is 4.69. The van der Waals surface area contributed by atoms with Crippen molar-refractivity contribution in [2.75, 3.05) is 6.54 Å². The molecule has 4 rings (SSSR count). The molecule has 0 saturated heterocycles. The summed E-state index contributed by atoms with van der Waals surface area (Å²) in [6.45, 7) is 8.26. The van der Waals surface area contributed by atoms with Crippen LogP contribution in [0.3, 0.4) is 0 Å². The van der Waals surface area contributed by atoms with E-state index in [0.29, 0.717) is 13.1 Å². The van der Waals surface area contributed by atoms with Gasteiger partial charge in [0.1, 0.15) is 5.69 Å². The number of fused-ring (bicyclic) bond motifs is 2. The highest BCUT2D eigenvalue weighted by atomic mass is 16.5. The lowest BCUT2D eigenvalue weighted by atomic mass is 9.97. The van der Waals surface area contributed by atoms with Crippen LogP contribution in [-0.2, 0) is 30.7 Å². The molecule has 2 atom stereocenters. The highest BCUT2D eigenvalue weighted by Gasteiger charge is 2.34. The lowest BCUT2D eigenvalue weighted by Gasteiger charge is -2.30. The van der Waals surface area contributed by atoms with E-state index >= 15 is 0 Å². The number of hydrogen-bond donors (Lipinski definition) is 0. The van der Waals surface area contributed by atoms with Gasteiger partial charge in [0, 0.05) is 31.6 Å². The van der Waals surface area contributed by atoms with Crippen molar-refractivity contribution < 1.29 is 9.53 Å². The molecule has 5 nitrogen and oxygen atoms in total. The van der Waals surface area contributed by atoms with Gasteiger partial charge in [-0.25, -0.2) is 0 Å². The Morgan fingerprint density at radius 2 is 2.04 bits per heavy atom. The average molecular weight is 339 g/mol. The molecule has 0 fully saturated rings. The zero-order chi connectivity index (χ0) is 17.6. The summed E-state index contributed by atoms with van der Waals surface area (Å²) in [7, 11) is 0. The number of benzene rings is 1. The van der Waals surface area contributed by atoms with Crippen LogP contribution in [0.5, 0.6) is 0 Å². The van der Waals surface area contributed by atoms with Gasteiger partial charge in [0.2, 0.25) is 0 Å². The lowest BCUT2D eigenvalue weighted by molar-refractivity contribution is -0.00716. The molecule has 0 bridgehead atoms. The van der Waals surface area contributed by atoms with E-state index in [9.17, 15) is 4.79 Å². The van der Waals surface area contributed by atoms with Crippen LogP contribution in [0.15, 0.2) is 24.3 Å². The largest absolute Gasteiger partial charge is 0.369 e. The molecule has 1 aromatic heterocycles. The normalized spacial score (nSPS) is 22.4. The predicted molar refractivity (Wildman–Crippen MR) is 95.5 cm³/mol. The third kappa shape index (κ3) is 2.76. The van der Waals surface area contributed by atoms with Crippen molar-refractivity contribution in [3.63, 3.8) is 0 Å². The maximum absolute atomic E-state index is 13.4. The van der Waals surface area contributed by atoms with Crippen molar-refractivity contribution in [2.24, 2.45) is 0 Å². The van der Waals surface area contributed by atoms with Crippen LogP contribution in [0.1, 0.15) is 59.7 Å². The minimum atomic E-state index is -0.0554. The fraction of sp³-hybridized carbons (Fsp3) is 0.500. The summed E-state index contributed by atoms with van der Waals surface area (Å²) in [5.41, 5.74) is 5.38. The van der Waals surface area contributed by atoms with Gasteiger partial charge < -0.3 is 9.64 Å². The summed E-state index contributed by atoms with van der Waals surface area (Å²) in [6, 6.07) is 8.41. The van der Waals surface area contributed by atoms with E-state index in [2.05, 4.69) is 30.2 Å². The quantitative estimate of drug-likeness (QED) is 0.844. The molecule has 2 aliphatic rings. The highest BCUT2D eigenvalue weighted by molar-refractivity contribution is 5.94. The predicted octanol–water partition coefficient (Wildman–Crippen LogP) is 3.12. The van der Waals surface area contributed by atoms with Gasteiger partial charge in [0.15, 0.2) is 0 Å². The molecule has 0 radical (unpaired) electrons. The SMILES string of the molecule is CCn1nc2c(c1C(=O)N1CCc3ccccc3C1)C[C@H](C)O[C@@H]2C. The summed E-state index contributed by atoms with van der Waals surface area (Å²) in [6.07, 6.45) is 1.73. The van der Waals surface area contributed by atoms with E-state index in [4.69, 9.17) is 4.74 Å². The first-order valence-corrected chi connectivity index (χ1v) is 9.19. The van der Waals surface area contributed by atoms with Gasteiger partial charge in [0.05, 0.1) is 17.9 Å². The van der Waals surface area contributed by atoms with Crippen molar-refractivity contribution in [2.45, 2.75) is 58.9 Å². The summed E-state index contributed by atoms with van der Waals surface area (Å²) in [4.78, 5) is 15.3. The van der Waals surface area contributed by atoms with Crippen molar-refractivity contribution in [1.29, 1.82) is 0 Å². The Hall–Kier alpha value is -2.14. The number of carbonyl (C=O) groups is 1. The van der Waals surface area contributed by atoms with E-state index in [1.54, 1.807) is 0 Å². The van der Waals surface area contributed by atoms with Crippen LogP contribution in [0.25, 0.3) is 0 Å². The molecular formula is C20H25N3O2. The number of nitrogens with zero attached hydrogens (tertiary/aromatic N) is 3. The number of aromatic nitrogens is 2. The zero-order valence-electron chi connectivity index (χ0n) is 15.2. The Labute approximate surface area is 148 Å².